The lowest BCUT2D eigenvalue weighted by molar-refractivity contribution is -0.123. The first-order chi connectivity index (χ1) is 11.7. The molecule has 0 radical (unpaired) electrons. The molecular formula is C18H20F2N2O3. The lowest BCUT2D eigenvalue weighted by atomic mass is 10.2. The number of carbonyl (C=O) groups is 2. The highest BCUT2D eigenvalue weighted by Crippen LogP contribution is 2.18. The van der Waals surface area contributed by atoms with Gasteiger partial charge in [0.15, 0.2) is 6.10 Å². The van der Waals surface area contributed by atoms with Gasteiger partial charge in [-0.05, 0) is 45.9 Å². The number of esters is 1. The van der Waals surface area contributed by atoms with Gasteiger partial charge in [-0.1, -0.05) is 0 Å². The summed E-state index contributed by atoms with van der Waals surface area (Å²) in [5, 5.41) is 2.21. The zero-order valence-corrected chi connectivity index (χ0v) is 14.5. The van der Waals surface area contributed by atoms with E-state index < -0.39 is 29.6 Å². The van der Waals surface area contributed by atoms with E-state index in [0.29, 0.717) is 12.1 Å². The molecular weight excluding hydrogens is 330 g/mol. The summed E-state index contributed by atoms with van der Waals surface area (Å²) in [5.41, 5.74) is 1.72. The van der Waals surface area contributed by atoms with Crippen LogP contribution in [-0.4, -0.2) is 22.5 Å². The molecule has 2 aromatic rings. The Kier molecular flexibility index (Phi) is 5.56. The number of aryl methyl sites for hydroxylation is 1. The van der Waals surface area contributed by atoms with Crippen molar-refractivity contribution in [1.82, 2.24) is 4.57 Å². The normalized spacial score (nSPS) is 11.9. The average Bonchev–Trinajstić information content (AvgIpc) is 2.84. The Labute approximate surface area is 144 Å². The Bertz CT molecular complexity index is 815. The van der Waals surface area contributed by atoms with Gasteiger partial charge in [0.25, 0.3) is 5.91 Å². The SMILES string of the molecule is CCn1c(C)cc(C(=O)O[C@@H](C)C(=O)Nc2cc(F)ccc2F)c1C. The standard InChI is InChI=1S/C18H20F2N2O3/c1-5-22-10(2)8-14(11(22)3)18(24)25-12(4)17(23)21-16-9-13(19)6-7-15(16)20/h6-9,12H,5H2,1-4H3,(H,21,23)/t12-/m0/s1. The highest BCUT2D eigenvalue weighted by atomic mass is 19.1. The molecule has 1 aromatic heterocycles. The number of amides is 1. The summed E-state index contributed by atoms with van der Waals surface area (Å²) in [6.45, 7) is 7.69. The molecule has 0 aliphatic heterocycles. The summed E-state index contributed by atoms with van der Waals surface area (Å²) in [5.74, 6) is -2.86. The summed E-state index contributed by atoms with van der Waals surface area (Å²) in [6.07, 6.45) is -1.17. The third kappa shape index (κ3) is 4.04. The summed E-state index contributed by atoms with van der Waals surface area (Å²) < 4.78 is 33.8. The molecule has 0 aliphatic rings. The van der Waals surface area contributed by atoms with E-state index in [1.165, 1.54) is 6.92 Å². The number of halogens is 2. The molecule has 1 aromatic carbocycles. The van der Waals surface area contributed by atoms with Crippen LogP contribution in [0.5, 0.6) is 0 Å². The van der Waals surface area contributed by atoms with Crippen molar-refractivity contribution < 1.29 is 23.1 Å². The third-order valence-corrected chi connectivity index (χ3v) is 3.95. The largest absolute Gasteiger partial charge is 0.449 e. The molecule has 0 spiro atoms. The van der Waals surface area contributed by atoms with Gasteiger partial charge in [0.1, 0.15) is 11.6 Å². The van der Waals surface area contributed by atoms with Crippen molar-refractivity contribution in [3.8, 4) is 0 Å². The molecule has 1 atom stereocenters. The van der Waals surface area contributed by atoms with E-state index in [1.807, 2.05) is 18.4 Å². The van der Waals surface area contributed by atoms with Crippen molar-refractivity contribution in [2.45, 2.75) is 40.3 Å². The van der Waals surface area contributed by atoms with Gasteiger partial charge in [-0.3, -0.25) is 4.79 Å². The Balaban J connectivity index is 2.08. The van der Waals surface area contributed by atoms with Gasteiger partial charge < -0.3 is 14.6 Å². The second-order valence-electron chi connectivity index (χ2n) is 5.69. The summed E-state index contributed by atoms with van der Waals surface area (Å²) >= 11 is 0. The van der Waals surface area contributed by atoms with Crippen LogP contribution in [-0.2, 0) is 16.1 Å². The van der Waals surface area contributed by atoms with E-state index in [-0.39, 0.29) is 5.69 Å². The minimum Gasteiger partial charge on any atom is -0.449 e. The van der Waals surface area contributed by atoms with Gasteiger partial charge in [0, 0.05) is 24.0 Å². The molecule has 5 nitrogen and oxygen atoms in total. The third-order valence-electron chi connectivity index (χ3n) is 3.95. The van der Waals surface area contributed by atoms with Crippen LogP contribution in [0, 0.1) is 25.5 Å². The van der Waals surface area contributed by atoms with E-state index in [1.54, 1.807) is 13.0 Å². The van der Waals surface area contributed by atoms with Crippen LogP contribution >= 0.6 is 0 Å². The van der Waals surface area contributed by atoms with E-state index >= 15 is 0 Å². The van der Waals surface area contributed by atoms with Crippen LogP contribution in [0.2, 0.25) is 0 Å². The van der Waals surface area contributed by atoms with Crippen LogP contribution in [0.15, 0.2) is 24.3 Å². The van der Waals surface area contributed by atoms with E-state index in [4.69, 9.17) is 4.74 Å². The maximum atomic E-state index is 13.6. The maximum absolute atomic E-state index is 13.6. The quantitative estimate of drug-likeness (QED) is 0.839. The molecule has 134 valence electrons. The molecule has 7 heteroatoms. The van der Waals surface area contributed by atoms with E-state index in [0.717, 1.165) is 29.6 Å². The zero-order chi connectivity index (χ0) is 18.7. The van der Waals surface area contributed by atoms with Crippen LogP contribution in [0.3, 0.4) is 0 Å². The van der Waals surface area contributed by atoms with Gasteiger partial charge in [-0.25, -0.2) is 13.6 Å². The second kappa shape index (κ2) is 7.46. The maximum Gasteiger partial charge on any atom is 0.340 e. The van der Waals surface area contributed by atoms with Crippen molar-refractivity contribution in [1.29, 1.82) is 0 Å². The Morgan fingerprint density at radius 1 is 1.24 bits per heavy atom. The molecule has 1 heterocycles. The number of benzene rings is 1. The summed E-state index contributed by atoms with van der Waals surface area (Å²) in [6, 6.07) is 4.40. The Hall–Kier alpha value is -2.70. The average molecular weight is 350 g/mol. The van der Waals surface area contributed by atoms with Crippen molar-refractivity contribution in [3.05, 3.63) is 52.9 Å². The molecule has 1 N–H and O–H groups in total. The second-order valence-corrected chi connectivity index (χ2v) is 5.69. The fourth-order valence-corrected chi connectivity index (χ4v) is 2.60. The number of rotatable bonds is 5. The topological polar surface area (TPSA) is 60.3 Å². The molecule has 1 amide bonds. The van der Waals surface area contributed by atoms with Gasteiger partial charge in [-0.15, -0.1) is 0 Å². The number of nitrogens with zero attached hydrogens (tertiary/aromatic N) is 1. The lowest BCUT2D eigenvalue weighted by Crippen LogP contribution is -2.30. The molecule has 0 aliphatic carbocycles. The molecule has 25 heavy (non-hydrogen) atoms. The summed E-state index contributed by atoms with van der Waals surface area (Å²) in [7, 11) is 0. The van der Waals surface area contributed by atoms with Gasteiger partial charge in [0.2, 0.25) is 0 Å². The molecule has 0 saturated carbocycles. The van der Waals surface area contributed by atoms with Crippen molar-refractivity contribution in [2.24, 2.45) is 0 Å². The van der Waals surface area contributed by atoms with Gasteiger partial charge >= 0.3 is 5.97 Å². The van der Waals surface area contributed by atoms with E-state index in [2.05, 4.69) is 5.32 Å². The summed E-state index contributed by atoms with van der Waals surface area (Å²) in [4.78, 5) is 24.4. The first-order valence-electron chi connectivity index (χ1n) is 7.88. The van der Waals surface area contributed by atoms with Gasteiger partial charge in [-0.2, -0.15) is 0 Å². The molecule has 0 bridgehead atoms. The van der Waals surface area contributed by atoms with Gasteiger partial charge in [0.05, 0.1) is 11.3 Å². The number of anilines is 1. The number of hydrogen-bond donors (Lipinski definition) is 1. The van der Waals surface area contributed by atoms with E-state index in [9.17, 15) is 18.4 Å². The fourth-order valence-electron chi connectivity index (χ4n) is 2.60. The number of hydrogen-bond acceptors (Lipinski definition) is 3. The first-order valence-corrected chi connectivity index (χ1v) is 7.88. The van der Waals surface area contributed by atoms with Crippen LogP contribution in [0.1, 0.15) is 35.6 Å². The molecule has 0 unspecified atom stereocenters. The van der Waals surface area contributed by atoms with Crippen LogP contribution in [0.4, 0.5) is 14.5 Å². The zero-order valence-electron chi connectivity index (χ0n) is 14.5. The number of nitrogens with one attached hydrogen (secondary N) is 1. The minimum atomic E-state index is -1.17. The highest BCUT2D eigenvalue weighted by molar-refractivity contribution is 5.97. The van der Waals surface area contributed by atoms with Crippen LogP contribution in [0.25, 0.3) is 0 Å². The number of carbonyl (C=O) groups excluding carboxylic acids is 2. The Morgan fingerprint density at radius 3 is 2.52 bits per heavy atom. The smallest absolute Gasteiger partial charge is 0.340 e. The Morgan fingerprint density at radius 2 is 1.92 bits per heavy atom. The number of aromatic nitrogens is 1. The molecule has 0 saturated heterocycles. The lowest BCUT2D eigenvalue weighted by Gasteiger charge is -2.14. The van der Waals surface area contributed by atoms with Crippen LogP contribution < -0.4 is 5.32 Å². The predicted molar refractivity (Wildman–Crippen MR) is 89.4 cm³/mol. The molecule has 0 fully saturated rings. The highest BCUT2D eigenvalue weighted by Gasteiger charge is 2.23. The monoisotopic (exact) mass is 350 g/mol. The van der Waals surface area contributed by atoms with Crippen molar-refractivity contribution >= 4 is 17.6 Å². The van der Waals surface area contributed by atoms with Crippen molar-refractivity contribution in [2.75, 3.05) is 5.32 Å². The predicted octanol–water partition coefficient (Wildman–Crippen LogP) is 3.59. The fraction of sp³-hybridized carbons (Fsp3) is 0.333. The minimum absolute atomic E-state index is 0.308. The first kappa shape index (κ1) is 18.6. The van der Waals surface area contributed by atoms with Crippen molar-refractivity contribution in [3.63, 3.8) is 0 Å². The molecule has 2 rings (SSSR count). The number of ether oxygens (including phenoxy) is 1.